The number of carbonyl (C=O) groups is 2. The molecule has 30 heavy (non-hydrogen) atoms. The predicted octanol–water partition coefficient (Wildman–Crippen LogP) is 3.57. The average Bonchev–Trinajstić information content (AvgIpc) is 3.07. The lowest BCUT2D eigenvalue weighted by Gasteiger charge is -2.23. The molecule has 9 heteroatoms. The summed E-state index contributed by atoms with van der Waals surface area (Å²) in [7, 11) is 0. The Balaban J connectivity index is 1.49. The van der Waals surface area contributed by atoms with Gasteiger partial charge in [-0.3, -0.25) is 9.59 Å². The van der Waals surface area contributed by atoms with Gasteiger partial charge in [0, 0.05) is 31.7 Å². The highest BCUT2D eigenvalue weighted by molar-refractivity contribution is 5.98. The summed E-state index contributed by atoms with van der Waals surface area (Å²) in [5.41, 5.74) is 0.683. The average molecular weight is 416 g/mol. The van der Waals surface area contributed by atoms with Gasteiger partial charge in [0.15, 0.2) is 0 Å². The molecule has 0 unspecified atom stereocenters. The number of rotatable bonds is 2. The second-order valence-electron chi connectivity index (χ2n) is 7.12. The summed E-state index contributed by atoms with van der Waals surface area (Å²) in [4.78, 5) is 35.8. The molecular weight excluding hydrogens is 397 g/mol. The molecule has 0 bridgehead atoms. The van der Waals surface area contributed by atoms with Crippen LogP contribution in [0.2, 0.25) is 0 Å². The van der Waals surface area contributed by atoms with Crippen molar-refractivity contribution in [1.82, 2.24) is 19.8 Å². The first-order valence-electron chi connectivity index (χ1n) is 9.52. The lowest BCUT2D eigenvalue weighted by molar-refractivity contribution is -0.138. The lowest BCUT2D eigenvalue weighted by atomic mass is 10.1. The Bertz CT molecular complexity index is 1090. The van der Waals surface area contributed by atoms with Gasteiger partial charge < -0.3 is 14.8 Å². The Morgan fingerprint density at radius 2 is 1.63 bits per heavy atom. The number of carbonyl (C=O) groups excluding carboxylic acids is 2. The van der Waals surface area contributed by atoms with Crippen LogP contribution in [0.3, 0.4) is 0 Å². The van der Waals surface area contributed by atoms with Crippen LogP contribution in [0, 0.1) is 0 Å². The summed E-state index contributed by atoms with van der Waals surface area (Å²) >= 11 is 0. The number of hydrogen-bond acceptors (Lipinski definition) is 3. The molecule has 6 nitrogen and oxygen atoms in total. The molecule has 1 aliphatic rings. The number of fused-ring (bicyclic) bond motifs is 1. The summed E-state index contributed by atoms with van der Waals surface area (Å²) in [6.45, 7) is 1.13. The molecule has 0 spiro atoms. The van der Waals surface area contributed by atoms with Gasteiger partial charge in [0.05, 0.1) is 28.5 Å². The molecule has 0 aliphatic carbocycles. The second kappa shape index (κ2) is 7.81. The first-order valence-corrected chi connectivity index (χ1v) is 9.52. The van der Waals surface area contributed by atoms with Gasteiger partial charge in [0.1, 0.15) is 0 Å². The zero-order valence-corrected chi connectivity index (χ0v) is 15.9. The number of alkyl halides is 3. The van der Waals surface area contributed by atoms with Gasteiger partial charge in [-0.05, 0) is 36.8 Å². The van der Waals surface area contributed by atoms with Crippen LogP contribution < -0.4 is 0 Å². The van der Waals surface area contributed by atoms with Crippen LogP contribution in [-0.2, 0) is 6.18 Å². The van der Waals surface area contributed by atoms with Crippen molar-refractivity contribution in [3.8, 4) is 0 Å². The van der Waals surface area contributed by atoms with Gasteiger partial charge in [-0.15, -0.1) is 0 Å². The summed E-state index contributed by atoms with van der Waals surface area (Å²) in [6.07, 6.45) is -2.57. The third-order valence-corrected chi connectivity index (χ3v) is 5.20. The number of aromatic amines is 1. The van der Waals surface area contributed by atoms with E-state index >= 15 is 0 Å². The molecule has 0 saturated carbocycles. The maximum atomic E-state index is 13.3. The third kappa shape index (κ3) is 3.87. The molecule has 0 atom stereocenters. The molecule has 2 heterocycles. The van der Waals surface area contributed by atoms with Gasteiger partial charge in [-0.25, -0.2) is 4.98 Å². The lowest BCUT2D eigenvalue weighted by Crippen LogP contribution is -2.38. The Kier molecular flexibility index (Phi) is 5.19. The van der Waals surface area contributed by atoms with E-state index in [-0.39, 0.29) is 31.1 Å². The molecular formula is C21H19F3N4O2. The van der Waals surface area contributed by atoms with Crippen molar-refractivity contribution in [3.05, 3.63) is 65.5 Å². The highest BCUT2D eigenvalue weighted by Gasteiger charge is 2.36. The minimum absolute atomic E-state index is 0.170. The quantitative estimate of drug-likeness (QED) is 0.695. The molecule has 1 N–H and O–H groups in total. The van der Waals surface area contributed by atoms with Crippen LogP contribution in [0.15, 0.2) is 48.8 Å². The van der Waals surface area contributed by atoms with E-state index in [0.717, 1.165) is 17.1 Å². The number of aromatic nitrogens is 2. The normalized spacial score (nSPS) is 15.3. The van der Waals surface area contributed by atoms with Crippen molar-refractivity contribution < 1.29 is 22.8 Å². The number of halogens is 3. The largest absolute Gasteiger partial charge is 0.417 e. The van der Waals surface area contributed by atoms with E-state index < -0.39 is 17.6 Å². The van der Waals surface area contributed by atoms with Crippen molar-refractivity contribution in [3.63, 3.8) is 0 Å². The third-order valence-electron chi connectivity index (χ3n) is 5.20. The Labute approximate surface area is 170 Å². The van der Waals surface area contributed by atoms with E-state index in [2.05, 4.69) is 9.97 Å². The van der Waals surface area contributed by atoms with E-state index in [1.165, 1.54) is 23.1 Å². The Morgan fingerprint density at radius 3 is 2.37 bits per heavy atom. The minimum atomic E-state index is -4.61. The number of hydrogen-bond donors (Lipinski definition) is 1. The van der Waals surface area contributed by atoms with Crippen LogP contribution in [0.1, 0.15) is 32.7 Å². The van der Waals surface area contributed by atoms with E-state index in [4.69, 9.17) is 0 Å². The van der Waals surface area contributed by atoms with Crippen LogP contribution in [0.5, 0.6) is 0 Å². The first kappa shape index (κ1) is 19.9. The number of benzene rings is 2. The summed E-state index contributed by atoms with van der Waals surface area (Å²) in [5, 5.41) is 0. The van der Waals surface area contributed by atoms with Gasteiger partial charge in [-0.1, -0.05) is 12.1 Å². The highest BCUT2D eigenvalue weighted by Crippen LogP contribution is 2.32. The second-order valence-corrected chi connectivity index (χ2v) is 7.12. The zero-order valence-electron chi connectivity index (χ0n) is 15.9. The minimum Gasteiger partial charge on any atom is -0.345 e. The smallest absolute Gasteiger partial charge is 0.345 e. The summed E-state index contributed by atoms with van der Waals surface area (Å²) in [6, 6.07) is 9.95. The van der Waals surface area contributed by atoms with Gasteiger partial charge in [0.25, 0.3) is 11.8 Å². The number of amides is 2. The summed E-state index contributed by atoms with van der Waals surface area (Å²) in [5.74, 6) is -0.854. The molecule has 4 rings (SSSR count). The maximum absolute atomic E-state index is 13.3. The van der Waals surface area contributed by atoms with Crippen LogP contribution in [0.25, 0.3) is 11.0 Å². The van der Waals surface area contributed by atoms with Crippen LogP contribution >= 0.6 is 0 Å². The molecule has 1 aliphatic heterocycles. The Hall–Kier alpha value is -3.36. The first-order chi connectivity index (χ1) is 14.3. The monoisotopic (exact) mass is 416 g/mol. The summed E-state index contributed by atoms with van der Waals surface area (Å²) < 4.78 is 39.8. The van der Waals surface area contributed by atoms with E-state index in [1.807, 2.05) is 0 Å². The molecule has 156 valence electrons. The van der Waals surface area contributed by atoms with Crippen molar-refractivity contribution >= 4 is 22.8 Å². The molecule has 1 saturated heterocycles. The number of H-pyrrole nitrogens is 1. The number of nitrogens with one attached hydrogen (secondary N) is 1. The molecule has 1 aromatic heterocycles. The van der Waals surface area contributed by atoms with Crippen molar-refractivity contribution in [2.24, 2.45) is 0 Å². The molecule has 2 amide bonds. The molecule has 3 aromatic rings. The van der Waals surface area contributed by atoms with Gasteiger partial charge in [-0.2, -0.15) is 13.2 Å². The van der Waals surface area contributed by atoms with Gasteiger partial charge >= 0.3 is 6.18 Å². The SMILES string of the molecule is O=C(c1ccc2nc[nH]c2c1)N1CCCN(C(=O)c2ccccc2C(F)(F)F)CC1. The van der Waals surface area contributed by atoms with Crippen molar-refractivity contribution in [2.45, 2.75) is 12.6 Å². The van der Waals surface area contributed by atoms with E-state index in [9.17, 15) is 22.8 Å². The fourth-order valence-electron chi connectivity index (χ4n) is 3.66. The molecule has 1 fully saturated rings. The van der Waals surface area contributed by atoms with Crippen LogP contribution in [0.4, 0.5) is 13.2 Å². The van der Waals surface area contributed by atoms with Crippen molar-refractivity contribution in [1.29, 1.82) is 0 Å². The Morgan fingerprint density at radius 1 is 0.933 bits per heavy atom. The van der Waals surface area contributed by atoms with E-state index in [0.29, 0.717) is 18.5 Å². The van der Waals surface area contributed by atoms with Gasteiger partial charge in [0.2, 0.25) is 0 Å². The highest BCUT2D eigenvalue weighted by atomic mass is 19.4. The molecule has 0 radical (unpaired) electrons. The maximum Gasteiger partial charge on any atom is 0.417 e. The topological polar surface area (TPSA) is 69.3 Å². The van der Waals surface area contributed by atoms with E-state index in [1.54, 1.807) is 29.4 Å². The molecule has 2 aromatic carbocycles. The fourth-order valence-corrected chi connectivity index (χ4v) is 3.66. The standard InChI is InChI=1S/C21H19F3N4O2/c22-21(23,24)16-5-2-1-4-15(16)20(30)28-9-3-8-27(10-11-28)19(29)14-6-7-17-18(12-14)26-13-25-17/h1-2,4-7,12-13H,3,8-11H2,(H,25,26). The fraction of sp³-hybridized carbons (Fsp3) is 0.286. The zero-order chi connectivity index (χ0) is 21.3. The van der Waals surface area contributed by atoms with Crippen molar-refractivity contribution in [2.75, 3.05) is 26.2 Å². The number of nitrogens with zero attached hydrogens (tertiary/aromatic N) is 3. The number of imidazole rings is 1. The predicted molar refractivity (Wildman–Crippen MR) is 104 cm³/mol. The van der Waals surface area contributed by atoms with Crippen LogP contribution in [-0.4, -0.2) is 57.8 Å².